The Kier molecular flexibility index (Phi) is 5.11. The summed E-state index contributed by atoms with van der Waals surface area (Å²) in [5, 5.41) is 3.55. The monoisotopic (exact) mass is 301 g/mol. The van der Waals surface area contributed by atoms with Crippen LogP contribution in [0.3, 0.4) is 0 Å². The number of carbonyl (C=O) groups excluding carboxylic acids is 1. The lowest BCUT2D eigenvalue weighted by atomic mass is 10.0. The van der Waals surface area contributed by atoms with Crippen LogP contribution in [0.4, 0.5) is 0 Å². The van der Waals surface area contributed by atoms with Crippen molar-refractivity contribution in [2.24, 2.45) is 11.7 Å². The fourth-order valence-corrected chi connectivity index (χ4v) is 3.34. The summed E-state index contributed by atoms with van der Waals surface area (Å²) >= 11 is 0. The molecule has 3 N–H and O–H groups in total. The Morgan fingerprint density at radius 1 is 1.18 bits per heavy atom. The molecule has 120 valence electrons. The molecule has 1 saturated carbocycles. The molecule has 1 aromatic carbocycles. The van der Waals surface area contributed by atoms with Crippen LogP contribution in [0, 0.1) is 5.92 Å². The second kappa shape index (κ2) is 7.25. The molecule has 2 atom stereocenters. The highest BCUT2D eigenvalue weighted by atomic mass is 16.2. The highest BCUT2D eigenvalue weighted by molar-refractivity contribution is 5.82. The first-order valence-corrected chi connectivity index (χ1v) is 8.58. The van der Waals surface area contributed by atoms with Crippen molar-refractivity contribution in [2.45, 2.75) is 44.2 Å². The molecule has 4 nitrogen and oxygen atoms in total. The van der Waals surface area contributed by atoms with Gasteiger partial charge in [0.2, 0.25) is 5.91 Å². The molecule has 2 fully saturated rings. The largest absolute Gasteiger partial charge is 0.341 e. The zero-order chi connectivity index (χ0) is 15.4. The number of amides is 1. The predicted molar refractivity (Wildman–Crippen MR) is 88.3 cm³/mol. The number of hydrogen-bond acceptors (Lipinski definition) is 3. The molecule has 1 saturated heterocycles. The SMILES string of the molecule is NC(CNC(c1ccccc1)C1CC1)C(=O)N1CCCCC1. The topological polar surface area (TPSA) is 58.4 Å². The Balaban J connectivity index is 1.54. The lowest BCUT2D eigenvalue weighted by Crippen LogP contribution is -2.50. The van der Waals surface area contributed by atoms with E-state index >= 15 is 0 Å². The van der Waals surface area contributed by atoms with Gasteiger partial charge in [0.05, 0.1) is 6.04 Å². The van der Waals surface area contributed by atoms with Gasteiger partial charge in [-0.15, -0.1) is 0 Å². The van der Waals surface area contributed by atoms with Crippen molar-refractivity contribution in [3.63, 3.8) is 0 Å². The van der Waals surface area contributed by atoms with E-state index in [1.54, 1.807) is 0 Å². The van der Waals surface area contributed by atoms with Crippen molar-refractivity contribution < 1.29 is 4.79 Å². The predicted octanol–water partition coefficient (Wildman–Crippen LogP) is 2.07. The van der Waals surface area contributed by atoms with E-state index < -0.39 is 6.04 Å². The minimum absolute atomic E-state index is 0.106. The molecule has 1 aliphatic heterocycles. The third-order valence-electron chi connectivity index (χ3n) is 4.79. The van der Waals surface area contributed by atoms with Crippen molar-refractivity contribution in [3.8, 4) is 0 Å². The average molecular weight is 301 g/mol. The Morgan fingerprint density at radius 3 is 2.50 bits per heavy atom. The molecule has 1 aliphatic carbocycles. The van der Waals surface area contributed by atoms with E-state index in [1.807, 2.05) is 11.0 Å². The first-order valence-electron chi connectivity index (χ1n) is 8.58. The van der Waals surface area contributed by atoms with E-state index in [-0.39, 0.29) is 5.91 Å². The minimum Gasteiger partial charge on any atom is -0.341 e. The zero-order valence-corrected chi connectivity index (χ0v) is 13.2. The van der Waals surface area contributed by atoms with Crippen LogP contribution in [-0.2, 0) is 4.79 Å². The number of likely N-dealkylation sites (tertiary alicyclic amines) is 1. The van der Waals surface area contributed by atoms with Crippen LogP contribution >= 0.6 is 0 Å². The number of benzene rings is 1. The summed E-state index contributed by atoms with van der Waals surface area (Å²) in [5.41, 5.74) is 7.45. The Labute approximate surface area is 133 Å². The van der Waals surface area contributed by atoms with Gasteiger partial charge in [-0.1, -0.05) is 30.3 Å². The van der Waals surface area contributed by atoms with Crippen molar-refractivity contribution in [3.05, 3.63) is 35.9 Å². The summed E-state index contributed by atoms with van der Waals surface area (Å²) in [5.74, 6) is 0.800. The normalized spacial score (nSPS) is 21.4. The third kappa shape index (κ3) is 3.87. The third-order valence-corrected chi connectivity index (χ3v) is 4.79. The van der Waals surface area contributed by atoms with Gasteiger partial charge in [-0.3, -0.25) is 4.79 Å². The summed E-state index contributed by atoms with van der Waals surface area (Å²) < 4.78 is 0. The van der Waals surface area contributed by atoms with Crippen molar-refractivity contribution >= 4 is 5.91 Å². The number of nitrogens with zero attached hydrogens (tertiary/aromatic N) is 1. The number of carbonyl (C=O) groups is 1. The fraction of sp³-hybridized carbons (Fsp3) is 0.611. The van der Waals surface area contributed by atoms with E-state index in [2.05, 4.69) is 29.6 Å². The molecule has 0 spiro atoms. The number of nitrogens with two attached hydrogens (primary N) is 1. The van der Waals surface area contributed by atoms with E-state index in [9.17, 15) is 4.79 Å². The lowest BCUT2D eigenvalue weighted by Gasteiger charge is -2.30. The molecule has 1 amide bonds. The highest BCUT2D eigenvalue weighted by Crippen LogP contribution is 2.40. The van der Waals surface area contributed by atoms with E-state index in [0.29, 0.717) is 18.5 Å². The second-order valence-electron chi connectivity index (χ2n) is 6.63. The molecule has 0 bridgehead atoms. The first-order chi connectivity index (χ1) is 10.8. The van der Waals surface area contributed by atoms with Crippen LogP contribution in [0.1, 0.15) is 43.7 Å². The van der Waals surface area contributed by atoms with Crippen LogP contribution in [0.15, 0.2) is 30.3 Å². The maximum absolute atomic E-state index is 12.4. The van der Waals surface area contributed by atoms with Gasteiger partial charge in [-0.2, -0.15) is 0 Å². The van der Waals surface area contributed by atoms with Crippen molar-refractivity contribution in [1.29, 1.82) is 0 Å². The van der Waals surface area contributed by atoms with Gasteiger partial charge >= 0.3 is 0 Å². The molecule has 2 unspecified atom stereocenters. The van der Waals surface area contributed by atoms with Crippen LogP contribution in [0.25, 0.3) is 0 Å². The van der Waals surface area contributed by atoms with Gasteiger partial charge in [0.1, 0.15) is 0 Å². The fourth-order valence-electron chi connectivity index (χ4n) is 3.34. The van der Waals surface area contributed by atoms with E-state index in [1.165, 1.54) is 24.8 Å². The molecule has 0 radical (unpaired) electrons. The van der Waals surface area contributed by atoms with Gasteiger partial charge in [-0.05, 0) is 43.6 Å². The molecule has 2 aliphatic rings. The molecular formula is C18H27N3O. The molecule has 4 heteroatoms. The number of rotatable bonds is 6. The minimum atomic E-state index is -0.428. The van der Waals surface area contributed by atoms with Gasteiger partial charge in [0.15, 0.2) is 0 Å². The molecule has 22 heavy (non-hydrogen) atoms. The van der Waals surface area contributed by atoms with Crippen LogP contribution in [-0.4, -0.2) is 36.5 Å². The van der Waals surface area contributed by atoms with E-state index in [0.717, 1.165) is 25.9 Å². The summed E-state index contributed by atoms with van der Waals surface area (Å²) in [6.07, 6.45) is 5.99. The maximum Gasteiger partial charge on any atom is 0.240 e. The van der Waals surface area contributed by atoms with E-state index in [4.69, 9.17) is 5.73 Å². The van der Waals surface area contributed by atoms with Gasteiger partial charge < -0.3 is 16.0 Å². The highest BCUT2D eigenvalue weighted by Gasteiger charge is 2.33. The Morgan fingerprint density at radius 2 is 1.86 bits per heavy atom. The Bertz CT molecular complexity index is 480. The number of nitrogens with one attached hydrogen (secondary N) is 1. The number of piperidine rings is 1. The van der Waals surface area contributed by atoms with Crippen molar-refractivity contribution in [2.75, 3.05) is 19.6 Å². The van der Waals surface area contributed by atoms with Crippen LogP contribution in [0.2, 0.25) is 0 Å². The maximum atomic E-state index is 12.4. The van der Waals surface area contributed by atoms with Gasteiger partial charge in [-0.25, -0.2) is 0 Å². The van der Waals surface area contributed by atoms with Gasteiger partial charge in [0, 0.05) is 25.7 Å². The molecule has 3 rings (SSSR count). The molecule has 1 heterocycles. The smallest absolute Gasteiger partial charge is 0.240 e. The zero-order valence-electron chi connectivity index (χ0n) is 13.2. The molecule has 0 aromatic heterocycles. The average Bonchev–Trinajstić information content (AvgIpc) is 3.41. The van der Waals surface area contributed by atoms with Crippen molar-refractivity contribution in [1.82, 2.24) is 10.2 Å². The summed E-state index contributed by atoms with van der Waals surface area (Å²) in [4.78, 5) is 14.3. The second-order valence-corrected chi connectivity index (χ2v) is 6.63. The van der Waals surface area contributed by atoms with Gasteiger partial charge in [0.25, 0.3) is 0 Å². The first kappa shape index (κ1) is 15.5. The Hall–Kier alpha value is -1.39. The summed E-state index contributed by atoms with van der Waals surface area (Å²) in [6, 6.07) is 10.4. The molecule has 1 aromatic rings. The molecular weight excluding hydrogens is 274 g/mol. The summed E-state index contributed by atoms with van der Waals surface area (Å²) in [6.45, 7) is 2.31. The lowest BCUT2D eigenvalue weighted by molar-refractivity contribution is -0.133. The summed E-state index contributed by atoms with van der Waals surface area (Å²) in [7, 11) is 0. The van der Waals surface area contributed by atoms with Crippen LogP contribution < -0.4 is 11.1 Å². The quantitative estimate of drug-likeness (QED) is 0.845. The standard InChI is InChI=1S/C18H27N3O/c19-16(18(22)21-11-5-2-6-12-21)13-20-17(15-9-10-15)14-7-3-1-4-8-14/h1,3-4,7-8,15-17,20H,2,5-6,9-13,19H2. The number of hydrogen-bond donors (Lipinski definition) is 2. The van der Waals surface area contributed by atoms with Crippen LogP contribution in [0.5, 0.6) is 0 Å².